The van der Waals surface area contributed by atoms with E-state index in [-0.39, 0.29) is 12.5 Å². The molecule has 1 aromatic rings. The van der Waals surface area contributed by atoms with Crippen LogP contribution in [0.1, 0.15) is 36.8 Å². The first kappa shape index (κ1) is 13.9. The Kier molecular flexibility index (Phi) is 4.80. The molecule has 1 N–H and O–H groups in total. The van der Waals surface area contributed by atoms with E-state index in [0.717, 1.165) is 42.7 Å². The summed E-state index contributed by atoms with van der Waals surface area (Å²) in [4.78, 5) is 13.9. The molecule has 19 heavy (non-hydrogen) atoms. The summed E-state index contributed by atoms with van der Waals surface area (Å²) in [7, 11) is 1.63. The molecule has 1 amide bonds. The Bertz CT molecular complexity index is 445. The lowest BCUT2D eigenvalue weighted by molar-refractivity contribution is -0.131. The van der Waals surface area contributed by atoms with E-state index in [4.69, 9.17) is 4.74 Å². The molecule has 1 aliphatic rings. The van der Waals surface area contributed by atoms with Crippen LogP contribution in [0.3, 0.4) is 0 Å². The van der Waals surface area contributed by atoms with Crippen LogP contribution in [0.2, 0.25) is 0 Å². The molecule has 1 heterocycles. The van der Waals surface area contributed by atoms with Crippen molar-refractivity contribution >= 4 is 5.91 Å². The Morgan fingerprint density at radius 3 is 2.89 bits per heavy atom. The predicted octanol–water partition coefficient (Wildman–Crippen LogP) is 2.09. The average Bonchev–Trinajstić information content (AvgIpc) is 2.64. The summed E-state index contributed by atoms with van der Waals surface area (Å²) in [6, 6.07) is 5.60. The number of benzene rings is 1. The van der Waals surface area contributed by atoms with Crippen molar-refractivity contribution in [2.24, 2.45) is 0 Å². The molecule has 0 aliphatic carbocycles. The summed E-state index contributed by atoms with van der Waals surface area (Å²) in [5.74, 6) is 0.989. The fourth-order valence-electron chi connectivity index (χ4n) is 2.47. The highest BCUT2D eigenvalue weighted by atomic mass is 16.5. The Balaban J connectivity index is 2.18. The summed E-state index contributed by atoms with van der Waals surface area (Å²) >= 11 is 0. The summed E-state index contributed by atoms with van der Waals surface area (Å²) < 4.78 is 5.33. The van der Waals surface area contributed by atoms with Gasteiger partial charge in [0.05, 0.1) is 13.7 Å². The highest BCUT2D eigenvalue weighted by Gasteiger charge is 2.18. The highest BCUT2D eigenvalue weighted by Crippen LogP contribution is 2.23. The van der Waals surface area contributed by atoms with Crippen LogP contribution < -0.4 is 4.74 Å². The molecule has 0 unspecified atom stereocenters. The second-order valence-corrected chi connectivity index (χ2v) is 4.93. The third kappa shape index (κ3) is 3.47. The third-order valence-electron chi connectivity index (χ3n) is 3.56. The highest BCUT2D eigenvalue weighted by molar-refractivity contribution is 5.76. The Morgan fingerprint density at radius 2 is 2.16 bits per heavy atom. The van der Waals surface area contributed by atoms with Gasteiger partial charge < -0.3 is 14.7 Å². The van der Waals surface area contributed by atoms with Crippen molar-refractivity contribution in [3.8, 4) is 5.75 Å². The number of carbonyl (C=O) groups is 1. The standard InChI is InChI=1S/C15H21NO3/c1-19-14-7-6-12(11-17)9-13(14)10-16-8-4-2-3-5-15(16)18/h6-7,9,17H,2-5,8,10-11H2,1H3. The van der Waals surface area contributed by atoms with E-state index in [9.17, 15) is 9.90 Å². The maximum atomic E-state index is 12.0. The van der Waals surface area contributed by atoms with E-state index in [1.165, 1.54) is 0 Å². The molecule has 0 bridgehead atoms. The summed E-state index contributed by atoms with van der Waals surface area (Å²) in [5.41, 5.74) is 1.81. The lowest BCUT2D eigenvalue weighted by Gasteiger charge is -2.22. The van der Waals surface area contributed by atoms with E-state index < -0.39 is 0 Å². The number of nitrogens with zero attached hydrogens (tertiary/aromatic N) is 1. The first-order chi connectivity index (χ1) is 9.24. The van der Waals surface area contributed by atoms with Crippen LogP contribution in [0, 0.1) is 0 Å². The summed E-state index contributed by atoms with van der Waals surface area (Å²) in [6.45, 7) is 1.38. The smallest absolute Gasteiger partial charge is 0.222 e. The molecular weight excluding hydrogens is 242 g/mol. The molecule has 104 valence electrons. The molecular formula is C15H21NO3. The largest absolute Gasteiger partial charge is 0.496 e. The van der Waals surface area contributed by atoms with Crippen molar-refractivity contribution in [2.45, 2.75) is 38.8 Å². The van der Waals surface area contributed by atoms with Crippen LogP contribution >= 0.6 is 0 Å². The second kappa shape index (κ2) is 6.57. The van der Waals surface area contributed by atoms with E-state index >= 15 is 0 Å². The number of likely N-dealkylation sites (tertiary alicyclic amines) is 1. The molecule has 0 atom stereocenters. The van der Waals surface area contributed by atoms with Crippen LogP contribution in [-0.2, 0) is 17.9 Å². The fourth-order valence-corrected chi connectivity index (χ4v) is 2.47. The van der Waals surface area contributed by atoms with Crippen molar-refractivity contribution in [3.05, 3.63) is 29.3 Å². The first-order valence-corrected chi connectivity index (χ1v) is 6.79. The van der Waals surface area contributed by atoms with Crippen molar-refractivity contribution in [2.75, 3.05) is 13.7 Å². The van der Waals surface area contributed by atoms with Crippen molar-refractivity contribution < 1.29 is 14.6 Å². The SMILES string of the molecule is COc1ccc(CO)cc1CN1CCCCCC1=O. The molecule has 1 aliphatic heterocycles. The molecule has 0 spiro atoms. The minimum atomic E-state index is 0.00490. The summed E-state index contributed by atoms with van der Waals surface area (Å²) in [5, 5.41) is 9.21. The molecule has 2 rings (SSSR count). The number of hydrogen-bond acceptors (Lipinski definition) is 3. The fraction of sp³-hybridized carbons (Fsp3) is 0.533. The molecule has 1 fully saturated rings. The molecule has 0 saturated carbocycles. The van der Waals surface area contributed by atoms with Crippen molar-refractivity contribution in [3.63, 3.8) is 0 Å². The molecule has 0 radical (unpaired) electrons. The van der Waals surface area contributed by atoms with Gasteiger partial charge in [0.1, 0.15) is 5.75 Å². The van der Waals surface area contributed by atoms with Gasteiger partial charge in [0.2, 0.25) is 5.91 Å². The average molecular weight is 263 g/mol. The monoisotopic (exact) mass is 263 g/mol. The normalized spacial score (nSPS) is 16.3. The second-order valence-electron chi connectivity index (χ2n) is 4.93. The van der Waals surface area contributed by atoms with E-state index in [1.807, 2.05) is 23.1 Å². The van der Waals surface area contributed by atoms with Gasteiger partial charge in [-0.2, -0.15) is 0 Å². The number of hydrogen-bond donors (Lipinski definition) is 1. The number of methoxy groups -OCH3 is 1. The van der Waals surface area contributed by atoms with Gasteiger partial charge in [0.25, 0.3) is 0 Å². The van der Waals surface area contributed by atoms with Gasteiger partial charge in [-0.3, -0.25) is 4.79 Å². The van der Waals surface area contributed by atoms with Crippen molar-refractivity contribution in [1.29, 1.82) is 0 Å². The van der Waals surface area contributed by atoms with Crippen molar-refractivity contribution in [1.82, 2.24) is 4.90 Å². The zero-order valence-electron chi connectivity index (χ0n) is 11.4. The number of aliphatic hydroxyl groups excluding tert-OH is 1. The lowest BCUT2D eigenvalue weighted by atomic mass is 10.1. The minimum absolute atomic E-state index is 0.00490. The van der Waals surface area contributed by atoms with Gasteiger partial charge in [0.15, 0.2) is 0 Å². The number of ether oxygens (including phenoxy) is 1. The third-order valence-corrected chi connectivity index (χ3v) is 3.56. The van der Waals surface area contributed by atoms with E-state index in [0.29, 0.717) is 13.0 Å². The topological polar surface area (TPSA) is 49.8 Å². The maximum Gasteiger partial charge on any atom is 0.222 e. The Hall–Kier alpha value is -1.55. The minimum Gasteiger partial charge on any atom is -0.496 e. The maximum absolute atomic E-state index is 12.0. The molecule has 1 aromatic carbocycles. The number of rotatable bonds is 4. The van der Waals surface area contributed by atoms with Crippen LogP contribution in [-0.4, -0.2) is 29.6 Å². The van der Waals surface area contributed by atoms with Crippen LogP contribution in [0.25, 0.3) is 0 Å². The van der Waals surface area contributed by atoms with Crippen LogP contribution in [0.5, 0.6) is 5.75 Å². The Morgan fingerprint density at radius 1 is 1.32 bits per heavy atom. The number of carbonyl (C=O) groups excluding carboxylic acids is 1. The van der Waals surface area contributed by atoms with Gasteiger partial charge in [-0.15, -0.1) is 0 Å². The Labute approximate surface area is 114 Å². The molecule has 1 saturated heterocycles. The predicted molar refractivity (Wildman–Crippen MR) is 72.8 cm³/mol. The van der Waals surface area contributed by atoms with Gasteiger partial charge >= 0.3 is 0 Å². The number of aliphatic hydroxyl groups is 1. The quantitative estimate of drug-likeness (QED) is 0.905. The number of amides is 1. The molecule has 0 aromatic heterocycles. The van der Waals surface area contributed by atoms with Gasteiger partial charge in [-0.1, -0.05) is 12.5 Å². The van der Waals surface area contributed by atoms with Crippen LogP contribution in [0.15, 0.2) is 18.2 Å². The molecule has 4 heteroatoms. The van der Waals surface area contributed by atoms with Gasteiger partial charge in [-0.25, -0.2) is 0 Å². The summed E-state index contributed by atoms with van der Waals surface area (Å²) in [6.07, 6.45) is 3.81. The zero-order valence-corrected chi connectivity index (χ0v) is 11.4. The van der Waals surface area contributed by atoms with Gasteiger partial charge in [-0.05, 0) is 30.5 Å². The van der Waals surface area contributed by atoms with E-state index in [2.05, 4.69) is 0 Å². The van der Waals surface area contributed by atoms with Gasteiger partial charge in [0, 0.05) is 25.1 Å². The molecule has 4 nitrogen and oxygen atoms in total. The zero-order chi connectivity index (χ0) is 13.7. The van der Waals surface area contributed by atoms with Crippen LogP contribution in [0.4, 0.5) is 0 Å². The first-order valence-electron chi connectivity index (χ1n) is 6.79. The lowest BCUT2D eigenvalue weighted by Crippen LogP contribution is -2.29. The van der Waals surface area contributed by atoms with E-state index in [1.54, 1.807) is 7.11 Å².